The van der Waals surface area contributed by atoms with Gasteiger partial charge in [-0.1, -0.05) is 73.3 Å². The maximum atomic E-state index is 12.4. The molecule has 5 heteroatoms. The number of imidazole rings is 1. The molecule has 0 saturated carbocycles. The van der Waals surface area contributed by atoms with Crippen LogP contribution in [-0.4, -0.2) is 22.1 Å². The number of rotatable bonds is 9. The maximum absolute atomic E-state index is 12.4. The minimum absolute atomic E-state index is 0.0767. The summed E-state index contributed by atoms with van der Waals surface area (Å²) in [6.45, 7) is 5.62. The molecule has 0 bridgehead atoms. The van der Waals surface area contributed by atoms with Crippen LogP contribution in [-0.2, 0) is 4.79 Å². The lowest BCUT2D eigenvalue weighted by Crippen LogP contribution is -2.20. The number of benzene rings is 3. The number of hydrogen-bond donors (Lipinski definition) is 1. The van der Waals surface area contributed by atoms with E-state index in [2.05, 4.69) is 16.9 Å². The first-order valence-electron chi connectivity index (χ1n) is 11.3. The molecule has 1 aromatic heterocycles. The first-order valence-corrected chi connectivity index (χ1v) is 11.3. The van der Waals surface area contributed by atoms with Gasteiger partial charge in [0.2, 0.25) is 0 Å². The average molecular weight is 462 g/mol. The Morgan fingerprint density at radius 3 is 2.46 bits per heavy atom. The second-order valence-electron chi connectivity index (χ2n) is 7.87. The van der Waals surface area contributed by atoms with Gasteiger partial charge in [-0.2, -0.15) is 0 Å². The van der Waals surface area contributed by atoms with Crippen LogP contribution in [0.1, 0.15) is 12.5 Å². The van der Waals surface area contributed by atoms with Crippen molar-refractivity contribution in [2.75, 3.05) is 11.9 Å². The molecule has 5 nitrogen and oxygen atoms in total. The van der Waals surface area contributed by atoms with Crippen molar-refractivity contribution < 1.29 is 9.53 Å². The molecule has 0 saturated heterocycles. The topological polar surface area (TPSA) is 56.1 Å². The van der Waals surface area contributed by atoms with Crippen LogP contribution < -0.4 is 10.1 Å². The van der Waals surface area contributed by atoms with Crippen LogP contribution in [0.4, 0.5) is 5.69 Å². The smallest absolute Gasteiger partial charge is 0.262 e. The predicted octanol–water partition coefficient (Wildman–Crippen LogP) is 6.70. The van der Waals surface area contributed by atoms with E-state index in [1.54, 1.807) is 12.3 Å². The van der Waals surface area contributed by atoms with E-state index in [-0.39, 0.29) is 12.5 Å². The van der Waals surface area contributed by atoms with Crippen LogP contribution in [0.25, 0.3) is 22.6 Å². The van der Waals surface area contributed by atoms with Crippen molar-refractivity contribution in [1.29, 1.82) is 0 Å². The molecular formula is C30H27N3O2. The van der Waals surface area contributed by atoms with Crippen molar-refractivity contribution in [3.05, 3.63) is 128 Å². The van der Waals surface area contributed by atoms with Gasteiger partial charge in [-0.25, -0.2) is 4.98 Å². The standard InChI is InChI=1S/C30H27N3O2/c1-3-4-6-9-23(2)24-12-14-26(15-13-24)32-29(34)22-35-28-18-16-27(17-19-28)33-21-20-31-30(33)25-10-7-5-8-11-25/h3-21H,1,22H2,2H3,(H,32,34). The summed E-state index contributed by atoms with van der Waals surface area (Å²) in [5.74, 6) is 1.27. The molecule has 0 spiro atoms. The van der Waals surface area contributed by atoms with Crippen molar-refractivity contribution in [1.82, 2.24) is 9.55 Å². The van der Waals surface area contributed by atoms with Crippen molar-refractivity contribution >= 4 is 17.2 Å². The molecule has 0 aliphatic heterocycles. The highest BCUT2D eigenvalue weighted by Crippen LogP contribution is 2.23. The highest BCUT2D eigenvalue weighted by atomic mass is 16.5. The van der Waals surface area contributed by atoms with Crippen molar-refractivity contribution in [2.24, 2.45) is 0 Å². The van der Waals surface area contributed by atoms with Crippen LogP contribution in [0.5, 0.6) is 5.75 Å². The van der Waals surface area contributed by atoms with E-state index in [0.717, 1.165) is 33.9 Å². The molecule has 4 aromatic rings. The number of carbonyl (C=O) groups is 1. The third kappa shape index (κ3) is 6.24. The van der Waals surface area contributed by atoms with E-state index in [4.69, 9.17) is 4.74 Å². The lowest BCUT2D eigenvalue weighted by Gasteiger charge is -2.11. The van der Waals surface area contributed by atoms with E-state index in [1.165, 1.54) is 0 Å². The Labute approximate surface area is 205 Å². The summed E-state index contributed by atoms with van der Waals surface area (Å²) in [5.41, 5.74) is 4.93. The Balaban J connectivity index is 1.33. The SMILES string of the molecule is C=CC=CC=C(C)c1ccc(NC(=O)COc2ccc(-n3ccnc3-c3ccccc3)cc2)cc1. The summed E-state index contributed by atoms with van der Waals surface area (Å²) < 4.78 is 7.70. The van der Waals surface area contributed by atoms with Gasteiger partial charge in [0, 0.05) is 29.3 Å². The number of amides is 1. The Bertz CT molecular complexity index is 1330. The van der Waals surface area contributed by atoms with Gasteiger partial charge in [-0.3, -0.25) is 9.36 Å². The van der Waals surface area contributed by atoms with Crippen LogP contribution in [0.2, 0.25) is 0 Å². The van der Waals surface area contributed by atoms with E-state index in [9.17, 15) is 4.79 Å². The molecule has 35 heavy (non-hydrogen) atoms. The fraction of sp³-hybridized carbons (Fsp3) is 0.0667. The minimum Gasteiger partial charge on any atom is -0.484 e. The van der Waals surface area contributed by atoms with Gasteiger partial charge in [0.25, 0.3) is 5.91 Å². The molecule has 0 radical (unpaired) electrons. The molecule has 1 amide bonds. The summed E-state index contributed by atoms with van der Waals surface area (Å²) in [5, 5.41) is 2.87. The van der Waals surface area contributed by atoms with Crippen LogP contribution in [0.15, 0.2) is 122 Å². The zero-order valence-corrected chi connectivity index (χ0v) is 19.6. The maximum Gasteiger partial charge on any atom is 0.262 e. The fourth-order valence-corrected chi connectivity index (χ4v) is 3.55. The Kier molecular flexibility index (Phi) is 7.71. The Morgan fingerprint density at radius 1 is 1.00 bits per heavy atom. The lowest BCUT2D eigenvalue weighted by atomic mass is 10.1. The molecular weight excluding hydrogens is 434 g/mol. The van der Waals surface area contributed by atoms with Gasteiger partial charge in [0.1, 0.15) is 11.6 Å². The first-order chi connectivity index (χ1) is 17.1. The van der Waals surface area contributed by atoms with E-state index < -0.39 is 0 Å². The second-order valence-corrected chi connectivity index (χ2v) is 7.87. The molecule has 0 aliphatic rings. The van der Waals surface area contributed by atoms with Crippen LogP contribution in [0, 0.1) is 0 Å². The van der Waals surface area contributed by atoms with Gasteiger partial charge in [0.05, 0.1) is 0 Å². The third-order valence-corrected chi connectivity index (χ3v) is 5.37. The number of anilines is 1. The van der Waals surface area contributed by atoms with Gasteiger partial charge in [0.15, 0.2) is 6.61 Å². The van der Waals surface area contributed by atoms with Gasteiger partial charge in [-0.05, 0) is 54.5 Å². The molecule has 1 N–H and O–H groups in total. The van der Waals surface area contributed by atoms with Gasteiger partial charge in [-0.15, -0.1) is 0 Å². The van der Waals surface area contributed by atoms with Crippen molar-refractivity contribution in [2.45, 2.75) is 6.92 Å². The predicted molar refractivity (Wildman–Crippen MR) is 143 cm³/mol. The zero-order chi connectivity index (χ0) is 24.5. The monoisotopic (exact) mass is 461 g/mol. The number of nitrogens with one attached hydrogen (secondary N) is 1. The second kappa shape index (κ2) is 11.5. The van der Waals surface area contributed by atoms with E-state index in [0.29, 0.717) is 5.75 Å². The number of aromatic nitrogens is 2. The highest BCUT2D eigenvalue weighted by molar-refractivity contribution is 5.92. The average Bonchev–Trinajstić information content (AvgIpc) is 3.39. The highest BCUT2D eigenvalue weighted by Gasteiger charge is 2.08. The molecule has 1 heterocycles. The van der Waals surface area contributed by atoms with Crippen LogP contribution >= 0.6 is 0 Å². The number of ether oxygens (including phenoxy) is 1. The summed E-state index contributed by atoms with van der Waals surface area (Å²) in [6.07, 6.45) is 11.3. The number of nitrogens with zero attached hydrogens (tertiary/aromatic N) is 2. The van der Waals surface area contributed by atoms with Gasteiger partial charge < -0.3 is 10.1 Å². The largest absolute Gasteiger partial charge is 0.484 e. The molecule has 0 atom stereocenters. The summed E-state index contributed by atoms with van der Waals surface area (Å²) in [7, 11) is 0. The number of hydrogen-bond acceptors (Lipinski definition) is 3. The van der Waals surface area contributed by atoms with Crippen molar-refractivity contribution in [3.8, 4) is 22.8 Å². The molecule has 174 valence electrons. The van der Waals surface area contributed by atoms with Gasteiger partial charge >= 0.3 is 0 Å². The van der Waals surface area contributed by atoms with Crippen LogP contribution in [0.3, 0.4) is 0 Å². The normalized spacial score (nSPS) is 11.4. The molecule has 0 unspecified atom stereocenters. The molecule has 0 aliphatic carbocycles. The lowest BCUT2D eigenvalue weighted by molar-refractivity contribution is -0.118. The van der Waals surface area contributed by atoms with Crippen molar-refractivity contribution in [3.63, 3.8) is 0 Å². The Morgan fingerprint density at radius 2 is 1.74 bits per heavy atom. The van der Waals surface area contributed by atoms with E-state index >= 15 is 0 Å². The summed E-state index contributed by atoms with van der Waals surface area (Å²) in [4.78, 5) is 16.8. The van der Waals surface area contributed by atoms with E-state index in [1.807, 2.05) is 115 Å². The summed E-state index contributed by atoms with van der Waals surface area (Å²) in [6, 6.07) is 25.3. The first kappa shape index (κ1) is 23.5. The molecule has 4 rings (SSSR count). The molecule has 3 aromatic carbocycles. The third-order valence-electron chi connectivity index (χ3n) is 5.37. The number of carbonyl (C=O) groups excluding carboxylic acids is 1. The molecule has 0 fully saturated rings. The zero-order valence-electron chi connectivity index (χ0n) is 19.6. The number of allylic oxidation sites excluding steroid dienone is 5. The fourth-order valence-electron chi connectivity index (χ4n) is 3.55. The summed E-state index contributed by atoms with van der Waals surface area (Å²) >= 11 is 0. The quantitative estimate of drug-likeness (QED) is 0.282. The Hall–Kier alpha value is -4.64. The minimum atomic E-state index is -0.219.